The van der Waals surface area contributed by atoms with Crippen molar-refractivity contribution in [2.45, 2.75) is 94.3 Å². The van der Waals surface area contributed by atoms with Gasteiger partial charge >= 0.3 is 12.1 Å². The maximum Gasteiger partial charge on any atom is 0.407 e. The zero-order valence-electron chi connectivity index (χ0n) is 33.4. The van der Waals surface area contributed by atoms with Gasteiger partial charge in [-0.05, 0) is 71.6 Å². The molecule has 2 N–H and O–H groups in total. The Morgan fingerprint density at radius 1 is 0.930 bits per heavy atom. The third kappa shape index (κ3) is 9.49. The summed E-state index contributed by atoms with van der Waals surface area (Å²) < 4.78 is 10.5. The van der Waals surface area contributed by atoms with E-state index in [-0.39, 0.29) is 35.0 Å². The summed E-state index contributed by atoms with van der Waals surface area (Å²) in [7, 11) is 0. The van der Waals surface area contributed by atoms with Gasteiger partial charge < -0.3 is 29.9 Å². The summed E-state index contributed by atoms with van der Waals surface area (Å²) in [5, 5.41) is 6.91. The minimum absolute atomic E-state index is 0.0316. The number of ether oxygens (including phenoxy) is 2. The van der Waals surface area contributed by atoms with Gasteiger partial charge in [0, 0.05) is 98.0 Å². The Bertz CT molecular complexity index is 1920. The number of carbonyl (C=O) groups excluding carboxylic acids is 4. The van der Waals surface area contributed by atoms with Crippen LogP contribution in [0.5, 0.6) is 0 Å². The summed E-state index contributed by atoms with van der Waals surface area (Å²) in [6, 6.07) is 7.90. The molecule has 16 heteroatoms. The molecule has 2 amide bonds. The molecule has 4 heterocycles. The zero-order chi connectivity index (χ0) is 40.3. The van der Waals surface area contributed by atoms with E-state index in [0.29, 0.717) is 43.7 Å². The lowest BCUT2D eigenvalue weighted by molar-refractivity contribution is -0.124. The van der Waals surface area contributed by atoms with Gasteiger partial charge in [0.15, 0.2) is 0 Å². The van der Waals surface area contributed by atoms with E-state index in [2.05, 4.69) is 35.3 Å². The number of benzene rings is 1. The van der Waals surface area contributed by atoms with Crippen molar-refractivity contribution >= 4 is 53.0 Å². The second-order valence-corrected chi connectivity index (χ2v) is 17.7. The van der Waals surface area contributed by atoms with Crippen molar-refractivity contribution in [1.82, 2.24) is 30.2 Å². The fraction of sp³-hybridized carbons (Fsp3) is 0.561. The Labute approximate surface area is 338 Å². The lowest BCUT2D eigenvalue weighted by Gasteiger charge is -2.45. The van der Waals surface area contributed by atoms with Crippen LogP contribution in [0.2, 0.25) is 0 Å². The molecule has 4 fully saturated rings. The van der Waals surface area contributed by atoms with Gasteiger partial charge in [0.1, 0.15) is 22.2 Å². The number of ketones is 1. The largest absolute Gasteiger partial charge is 0.462 e. The number of carbonyl (C=O) groups is 4. The second-order valence-electron chi connectivity index (χ2n) is 16.6. The first-order valence-corrected chi connectivity index (χ1v) is 20.8. The minimum Gasteiger partial charge on any atom is -0.462 e. The van der Waals surface area contributed by atoms with E-state index in [4.69, 9.17) is 19.4 Å². The topological polar surface area (TPSA) is 172 Å². The Kier molecular flexibility index (Phi) is 12.0. The van der Waals surface area contributed by atoms with Gasteiger partial charge in [0.2, 0.25) is 11.9 Å². The minimum atomic E-state index is -0.614. The maximum absolute atomic E-state index is 13.2. The zero-order valence-corrected chi connectivity index (χ0v) is 34.2. The predicted molar refractivity (Wildman–Crippen MR) is 215 cm³/mol. The summed E-state index contributed by atoms with van der Waals surface area (Å²) in [6.07, 6.45) is 9.73. The first kappa shape index (κ1) is 40.4. The third-order valence-electron chi connectivity index (χ3n) is 11.6. The monoisotopic (exact) mass is 799 g/mol. The normalized spacial score (nSPS) is 23.5. The van der Waals surface area contributed by atoms with E-state index in [1.807, 2.05) is 52.0 Å². The van der Waals surface area contributed by atoms with Crippen molar-refractivity contribution in [3.8, 4) is 0 Å². The highest BCUT2D eigenvalue weighted by Gasteiger charge is 2.53. The van der Waals surface area contributed by atoms with E-state index in [1.165, 1.54) is 24.2 Å². The Morgan fingerprint density at radius 2 is 1.65 bits per heavy atom. The van der Waals surface area contributed by atoms with E-state index < -0.39 is 17.7 Å². The molecule has 0 bridgehead atoms. The van der Waals surface area contributed by atoms with Crippen molar-refractivity contribution in [2.24, 2.45) is 17.3 Å². The molecule has 2 aromatic heterocycles. The first-order valence-electron chi connectivity index (χ1n) is 20.0. The summed E-state index contributed by atoms with van der Waals surface area (Å²) >= 11 is 1.49. The molecule has 3 aromatic rings. The second kappa shape index (κ2) is 16.9. The number of esters is 1. The van der Waals surface area contributed by atoms with Crippen LogP contribution < -0.4 is 20.4 Å². The fourth-order valence-corrected chi connectivity index (χ4v) is 9.22. The number of alkyl carbamates (subject to hydrolysis) is 1. The summed E-state index contributed by atoms with van der Waals surface area (Å²) in [5.74, 6) is 0.897. The van der Waals surface area contributed by atoms with E-state index in [9.17, 15) is 19.2 Å². The Balaban J connectivity index is 0.850. The number of anilines is 3. The van der Waals surface area contributed by atoms with Crippen molar-refractivity contribution < 1.29 is 28.7 Å². The number of aromatic nitrogens is 4. The van der Waals surface area contributed by atoms with Crippen LogP contribution in [0.3, 0.4) is 0 Å². The number of Topliss-reactive ketones (excluding diaryl/α,β-unsaturated/α-hetero) is 1. The summed E-state index contributed by atoms with van der Waals surface area (Å²) in [5.41, 5.74) is 0.183. The number of hydrogen-bond acceptors (Lipinski definition) is 14. The third-order valence-corrected chi connectivity index (χ3v) is 12.5. The highest BCUT2D eigenvalue weighted by Crippen LogP contribution is 2.48. The van der Waals surface area contributed by atoms with Crippen molar-refractivity contribution in [2.75, 3.05) is 61.0 Å². The van der Waals surface area contributed by atoms with Crippen LogP contribution in [0.25, 0.3) is 0 Å². The highest BCUT2D eigenvalue weighted by molar-refractivity contribution is 7.99. The van der Waals surface area contributed by atoms with Gasteiger partial charge in [-0.3, -0.25) is 14.5 Å². The average Bonchev–Trinajstić information content (AvgIpc) is 3.38. The van der Waals surface area contributed by atoms with Gasteiger partial charge in [0.25, 0.3) is 0 Å². The van der Waals surface area contributed by atoms with E-state index in [1.54, 1.807) is 19.3 Å². The molecule has 2 atom stereocenters. The van der Waals surface area contributed by atoms with Crippen LogP contribution in [0, 0.1) is 17.3 Å². The fourth-order valence-electron chi connectivity index (χ4n) is 8.43. The van der Waals surface area contributed by atoms with Gasteiger partial charge in [-0.2, -0.15) is 0 Å². The van der Waals surface area contributed by atoms with Crippen molar-refractivity contribution in [3.05, 3.63) is 54.6 Å². The SMILES string of the molecule is CCOC(=O)c1cnc(N2CCN(C3CC(C(=O)Nc4cccc(Sc5cnc(N6CCC7(CC6)CC(=O)[C@@H](C)[C@@H]7NC(=O)OC(C)(C)C)cn5)c4)C3)CC2)nc1. The molecule has 15 nitrogen and oxygen atoms in total. The van der Waals surface area contributed by atoms with Gasteiger partial charge in [-0.15, -0.1) is 0 Å². The van der Waals surface area contributed by atoms with Crippen molar-refractivity contribution in [3.63, 3.8) is 0 Å². The number of piperazine rings is 1. The smallest absolute Gasteiger partial charge is 0.407 e. The molecule has 0 radical (unpaired) electrons. The van der Waals surface area contributed by atoms with Gasteiger partial charge in [-0.1, -0.05) is 24.8 Å². The number of nitrogens with zero attached hydrogens (tertiary/aromatic N) is 7. The molecule has 4 aliphatic rings. The van der Waals surface area contributed by atoms with Crippen LogP contribution in [-0.4, -0.2) is 112 Å². The number of rotatable bonds is 10. The van der Waals surface area contributed by atoms with Gasteiger partial charge in [0.05, 0.1) is 24.6 Å². The number of nitrogens with one attached hydrogen (secondary N) is 2. The number of piperidine rings is 1. The molecule has 1 aromatic carbocycles. The molecule has 2 aliphatic carbocycles. The molecule has 2 saturated carbocycles. The Morgan fingerprint density at radius 3 is 2.30 bits per heavy atom. The molecule has 7 rings (SSSR count). The number of amides is 2. The molecule has 304 valence electrons. The highest BCUT2D eigenvalue weighted by atomic mass is 32.2. The molecule has 57 heavy (non-hydrogen) atoms. The maximum atomic E-state index is 13.2. The molecule has 2 aliphatic heterocycles. The number of hydrogen-bond donors (Lipinski definition) is 2. The molecular weight excluding hydrogens is 747 g/mol. The van der Waals surface area contributed by atoms with E-state index in [0.717, 1.165) is 73.3 Å². The van der Waals surface area contributed by atoms with Crippen LogP contribution in [-0.2, 0) is 19.1 Å². The first-order chi connectivity index (χ1) is 27.3. The van der Waals surface area contributed by atoms with Crippen LogP contribution in [0.1, 0.15) is 77.1 Å². The summed E-state index contributed by atoms with van der Waals surface area (Å²) in [4.78, 5) is 76.5. The summed E-state index contributed by atoms with van der Waals surface area (Å²) in [6.45, 7) is 14.2. The molecule has 1 spiro atoms. The lowest BCUT2D eigenvalue weighted by Crippen LogP contribution is -2.55. The van der Waals surface area contributed by atoms with Crippen LogP contribution in [0.15, 0.2) is 59.0 Å². The van der Waals surface area contributed by atoms with Gasteiger partial charge in [-0.25, -0.2) is 29.5 Å². The quantitative estimate of drug-likeness (QED) is 0.256. The molecule has 0 unspecified atom stereocenters. The average molecular weight is 800 g/mol. The molecule has 2 saturated heterocycles. The Hall–Kier alpha value is -4.83. The van der Waals surface area contributed by atoms with Crippen LogP contribution in [0.4, 0.5) is 22.2 Å². The predicted octanol–water partition coefficient (Wildman–Crippen LogP) is 5.22. The van der Waals surface area contributed by atoms with E-state index >= 15 is 0 Å². The van der Waals surface area contributed by atoms with Crippen LogP contribution >= 0.6 is 11.8 Å². The van der Waals surface area contributed by atoms with Crippen molar-refractivity contribution in [1.29, 1.82) is 0 Å². The standard InChI is InChI=1S/C41H53N9O6S/c1-6-55-37(53)28-22-44-38(45-23-28)50-16-14-48(15-17-50)30-18-27(19-30)36(52)46-29-8-7-9-31(20-29)57-34-25-42-33(24-43-34)49-12-10-41(11-13-49)21-32(51)26(2)35(41)47-39(54)56-40(3,4)5/h7-9,20,22-27,30,35H,6,10-19,21H2,1-5H3,(H,46,52)(H,47,54)/t26-,27?,30?,35+/m1/s1. The molecular formula is C41H53N9O6S. The lowest BCUT2D eigenvalue weighted by atomic mass is 9.73.